The third-order valence-corrected chi connectivity index (χ3v) is 3.87. The van der Waals surface area contributed by atoms with Crippen molar-refractivity contribution in [1.29, 1.82) is 0 Å². The Bertz CT molecular complexity index is 259. The monoisotopic (exact) mass is 225 g/mol. The van der Waals surface area contributed by atoms with Crippen LogP contribution in [0.1, 0.15) is 46.0 Å². The molecule has 1 unspecified atom stereocenters. The Hall–Kier alpha value is -0.570. The first-order valence-corrected chi connectivity index (χ1v) is 6.65. The van der Waals surface area contributed by atoms with E-state index in [0.29, 0.717) is 12.5 Å². The molecule has 2 aliphatic rings. The molecule has 2 rings (SSSR count). The van der Waals surface area contributed by atoms with Gasteiger partial charge in [0.2, 0.25) is 0 Å². The highest BCUT2D eigenvalue weighted by Crippen LogP contribution is 2.43. The number of hydrogen-bond acceptors (Lipinski definition) is 3. The Balaban J connectivity index is 1.99. The maximum atomic E-state index is 12.1. The highest BCUT2D eigenvalue weighted by molar-refractivity contribution is 5.81. The zero-order valence-electron chi connectivity index (χ0n) is 10.4. The molecule has 2 saturated carbocycles. The summed E-state index contributed by atoms with van der Waals surface area (Å²) in [6.45, 7) is 5.45. The van der Waals surface area contributed by atoms with E-state index in [1.165, 1.54) is 25.7 Å². The van der Waals surface area contributed by atoms with E-state index in [1.54, 1.807) is 0 Å². The van der Waals surface area contributed by atoms with Crippen LogP contribution in [0.25, 0.3) is 0 Å². The van der Waals surface area contributed by atoms with E-state index in [-0.39, 0.29) is 11.5 Å². The van der Waals surface area contributed by atoms with Gasteiger partial charge in [-0.15, -0.1) is 0 Å². The molecule has 1 atom stereocenters. The zero-order chi connectivity index (χ0) is 11.6. The third-order valence-electron chi connectivity index (χ3n) is 3.87. The third kappa shape index (κ3) is 2.40. The fourth-order valence-corrected chi connectivity index (χ4v) is 2.43. The van der Waals surface area contributed by atoms with Gasteiger partial charge in [-0.3, -0.25) is 4.79 Å². The molecule has 0 aliphatic heterocycles. The Morgan fingerprint density at radius 1 is 1.31 bits per heavy atom. The molecule has 0 spiro atoms. The Morgan fingerprint density at radius 3 is 2.44 bits per heavy atom. The van der Waals surface area contributed by atoms with E-state index in [1.807, 2.05) is 6.92 Å². The van der Waals surface area contributed by atoms with Crippen LogP contribution in [-0.2, 0) is 9.53 Å². The lowest BCUT2D eigenvalue weighted by Crippen LogP contribution is -2.55. The van der Waals surface area contributed by atoms with Crippen LogP contribution in [0, 0.1) is 11.8 Å². The molecule has 0 aromatic heterocycles. The van der Waals surface area contributed by atoms with Gasteiger partial charge >= 0.3 is 5.97 Å². The topological polar surface area (TPSA) is 38.3 Å². The van der Waals surface area contributed by atoms with Crippen LogP contribution in [0.5, 0.6) is 0 Å². The lowest BCUT2D eigenvalue weighted by atomic mass is 9.89. The van der Waals surface area contributed by atoms with E-state index in [4.69, 9.17) is 4.74 Å². The predicted octanol–water partition coefficient (Wildman–Crippen LogP) is 2.11. The highest BCUT2D eigenvalue weighted by atomic mass is 16.5. The van der Waals surface area contributed by atoms with Gasteiger partial charge < -0.3 is 10.1 Å². The van der Waals surface area contributed by atoms with Gasteiger partial charge in [0.1, 0.15) is 5.54 Å². The van der Waals surface area contributed by atoms with Crippen LogP contribution >= 0.6 is 0 Å². The first kappa shape index (κ1) is 11.9. The van der Waals surface area contributed by atoms with Crippen LogP contribution in [0.4, 0.5) is 0 Å². The van der Waals surface area contributed by atoms with Crippen LogP contribution in [0.3, 0.4) is 0 Å². The van der Waals surface area contributed by atoms with Crippen molar-refractivity contribution in [3.63, 3.8) is 0 Å². The van der Waals surface area contributed by atoms with Crippen molar-refractivity contribution in [1.82, 2.24) is 5.32 Å². The number of ether oxygens (including phenoxy) is 1. The molecule has 0 bridgehead atoms. The van der Waals surface area contributed by atoms with E-state index < -0.39 is 0 Å². The SMILES string of the molecule is CCOC(=O)C(CC)(NCC1CC1)C1CC1. The smallest absolute Gasteiger partial charge is 0.326 e. The fourth-order valence-electron chi connectivity index (χ4n) is 2.43. The van der Waals surface area contributed by atoms with Crippen molar-refractivity contribution in [2.45, 2.75) is 51.5 Å². The number of esters is 1. The summed E-state index contributed by atoms with van der Waals surface area (Å²) in [7, 11) is 0. The van der Waals surface area contributed by atoms with Gasteiger partial charge in [-0.05, 0) is 57.4 Å². The minimum Gasteiger partial charge on any atom is -0.465 e. The van der Waals surface area contributed by atoms with Gasteiger partial charge in [0, 0.05) is 0 Å². The minimum atomic E-state index is -0.376. The Labute approximate surface area is 97.9 Å². The van der Waals surface area contributed by atoms with Gasteiger partial charge in [-0.1, -0.05) is 6.92 Å². The van der Waals surface area contributed by atoms with Crippen molar-refractivity contribution in [3.8, 4) is 0 Å². The molecular formula is C13H23NO2. The number of rotatable bonds is 7. The largest absolute Gasteiger partial charge is 0.465 e. The van der Waals surface area contributed by atoms with Gasteiger partial charge in [-0.2, -0.15) is 0 Å². The molecule has 0 aromatic carbocycles. The van der Waals surface area contributed by atoms with Crippen LogP contribution in [0.15, 0.2) is 0 Å². The van der Waals surface area contributed by atoms with Crippen molar-refractivity contribution < 1.29 is 9.53 Å². The van der Waals surface area contributed by atoms with E-state index in [0.717, 1.165) is 18.9 Å². The molecule has 3 heteroatoms. The predicted molar refractivity (Wildman–Crippen MR) is 63.1 cm³/mol. The summed E-state index contributed by atoms with van der Waals surface area (Å²) >= 11 is 0. The summed E-state index contributed by atoms with van der Waals surface area (Å²) in [6.07, 6.45) is 5.83. The lowest BCUT2D eigenvalue weighted by molar-refractivity contribution is -0.152. The summed E-state index contributed by atoms with van der Waals surface area (Å²) < 4.78 is 5.25. The summed E-state index contributed by atoms with van der Waals surface area (Å²) in [4.78, 5) is 12.1. The first-order chi connectivity index (χ1) is 7.73. The average molecular weight is 225 g/mol. The quantitative estimate of drug-likeness (QED) is 0.674. The Kier molecular flexibility index (Phi) is 3.53. The molecule has 0 aromatic rings. The Morgan fingerprint density at radius 2 is 2.00 bits per heavy atom. The number of hydrogen-bond donors (Lipinski definition) is 1. The molecular weight excluding hydrogens is 202 g/mol. The van der Waals surface area contributed by atoms with Gasteiger partial charge in [0.05, 0.1) is 6.61 Å². The molecule has 2 fully saturated rings. The molecule has 0 amide bonds. The van der Waals surface area contributed by atoms with Crippen molar-refractivity contribution >= 4 is 5.97 Å². The maximum Gasteiger partial charge on any atom is 0.326 e. The van der Waals surface area contributed by atoms with Crippen LogP contribution in [-0.4, -0.2) is 24.7 Å². The lowest BCUT2D eigenvalue weighted by Gasteiger charge is -2.31. The van der Waals surface area contributed by atoms with Crippen LogP contribution < -0.4 is 5.32 Å². The van der Waals surface area contributed by atoms with Crippen molar-refractivity contribution in [3.05, 3.63) is 0 Å². The summed E-state index contributed by atoms with van der Waals surface area (Å²) in [5.41, 5.74) is -0.376. The van der Waals surface area contributed by atoms with Gasteiger partial charge in [0.15, 0.2) is 0 Å². The second-order valence-electron chi connectivity index (χ2n) is 5.14. The molecule has 0 heterocycles. The number of carbonyl (C=O) groups excluding carboxylic acids is 1. The molecule has 92 valence electrons. The summed E-state index contributed by atoms with van der Waals surface area (Å²) in [5.74, 6) is 1.29. The minimum absolute atomic E-state index is 0.0272. The molecule has 16 heavy (non-hydrogen) atoms. The number of nitrogens with one attached hydrogen (secondary N) is 1. The fraction of sp³-hybridized carbons (Fsp3) is 0.923. The summed E-state index contributed by atoms with van der Waals surface area (Å²) in [6, 6.07) is 0. The molecule has 0 saturated heterocycles. The average Bonchev–Trinajstić information content (AvgIpc) is 3.14. The second kappa shape index (κ2) is 4.74. The maximum absolute atomic E-state index is 12.1. The van der Waals surface area contributed by atoms with E-state index in [2.05, 4.69) is 12.2 Å². The van der Waals surface area contributed by atoms with Crippen molar-refractivity contribution in [2.75, 3.05) is 13.2 Å². The van der Waals surface area contributed by atoms with E-state index >= 15 is 0 Å². The van der Waals surface area contributed by atoms with Gasteiger partial charge in [0.25, 0.3) is 0 Å². The first-order valence-electron chi connectivity index (χ1n) is 6.65. The molecule has 1 N–H and O–H groups in total. The molecule has 2 aliphatic carbocycles. The second-order valence-corrected chi connectivity index (χ2v) is 5.14. The molecule has 3 nitrogen and oxygen atoms in total. The van der Waals surface area contributed by atoms with Crippen LogP contribution in [0.2, 0.25) is 0 Å². The normalized spacial score (nSPS) is 23.9. The standard InChI is InChI=1S/C13H23NO2/c1-3-13(11-7-8-11,12(15)16-4-2)14-9-10-5-6-10/h10-11,14H,3-9H2,1-2H3. The zero-order valence-corrected chi connectivity index (χ0v) is 10.4. The highest BCUT2D eigenvalue weighted by Gasteiger charge is 2.50. The molecule has 0 radical (unpaired) electrons. The van der Waals surface area contributed by atoms with E-state index in [9.17, 15) is 4.79 Å². The summed E-state index contributed by atoms with van der Waals surface area (Å²) in [5, 5.41) is 3.52. The van der Waals surface area contributed by atoms with Crippen molar-refractivity contribution in [2.24, 2.45) is 11.8 Å². The number of carbonyl (C=O) groups is 1. The van der Waals surface area contributed by atoms with Gasteiger partial charge in [-0.25, -0.2) is 0 Å².